The Morgan fingerprint density at radius 2 is 2.06 bits per heavy atom. The maximum absolute atomic E-state index is 9.00. The van der Waals surface area contributed by atoms with Crippen LogP contribution in [-0.4, -0.2) is 4.98 Å². The highest BCUT2D eigenvalue weighted by Crippen LogP contribution is 2.27. The van der Waals surface area contributed by atoms with Gasteiger partial charge in [0.1, 0.15) is 11.9 Å². The largest absolute Gasteiger partial charge is 0.338 e. The maximum atomic E-state index is 9.00. The van der Waals surface area contributed by atoms with E-state index in [2.05, 4.69) is 32.3 Å². The molecule has 0 spiro atoms. The molecule has 0 atom stereocenters. The van der Waals surface area contributed by atoms with Crippen molar-refractivity contribution >= 4 is 27.4 Å². The third-order valence-electron chi connectivity index (χ3n) is 2.38. The highest BCUT2D eigenvalue weighted by molar-refractivity contribution is 9.10. The zero-order valence-corrected chi connectivity index (χ0v) is 10.8. The van der Waals surface area contributed by atoms with Crippen LogP contribution in [0.25, 0.3) is 0 Å². The molecule has 0 bridgehead atoms. The predicted octanol–water partition coefficient (Wildman–Crippen LogP) is 3.77. The number of nitriles is 1. The van der Waals surface area contributed by atoms with Crippen LogP contribution in [0.2, 0.25) is 0 Å². The van der Waals surface area contributed by atoms with Gasteiger partial charge in [0, 0.05) is 6.20 Å². The van der Waals surface area contributed by atoms with Gasteiger partial charge in [-0.25, -0.2) is 4.98 Å². The van der Waals surface area contributed by atoms with Gasteiger partial charge in [0.05, 0.1) is 15.7 Å². The number of anilines is 2. The summed E-state index contributed by atoms with van der Waals surface area (Å²) in [5, 5.41) is 12.2. The number of aryl methyl sites for hydroxylation is 1. The predicted molar refractivity (Wildman–Crippen MR) is 71.1 cm³/mol. The van der Waals surface area contributed by atoms with E-state index >= 15 is 0 Å². The Labute approximate surface area is 108 Å². The molecule has 0 saturated carbocycles. The highest BCUT2D eigenvalue weighted by atomic mass is 79.9. The number of benzene rings is 1. The zero-order chi connectivity index (χ0) is 12.3. The first-order valence-electron chi connectivity index (χ1n) is 5.09. The molecule has 0 aliphatic carbocycles. The molecule has 0 aliphatic rings. The molecular weight excluding hydrogens is 278 g/mol. The van der Waals surface area contributed by atoms with Crippen LogP contribution >= 0.6 is 15.9 Å². The second kappa shape index (κ2) is 4.98. The highest BCUT2D eigenvalue weighted by Gasteiger charge is 2.06. The van der Waals surface area contributed by atoms with Gasteiger partial charge in [0.2, 0.25) is 0 Å². The van der Waals surface area contributed by atoms with Crippen molar-refractivity contribution in [1.29, 1.82) is 5.26 Å². The topological polar surface area (TPSA) is 48.7 Å². The Hall–Kier alpha value is -1.86. The first-order chi connectivity index (χ1) is 8.22. The molecular formula is C13H10BrN3. The van der Waals surface area contributed by atoms with Crippen molar-refractivity contribution in [3.05, 3.63) is 52.1 Å². The molecule has 0 fully saturated rings. The van der Waals surface area contributed by atoms with Gasteiger partial charge in [-0.15, -0.1) is 0 Å². The molecule has 0 radical (unpaired) electrons. The SMILES string of the molecule is Cc1ccnc(Nc2ccccc2C#N)c1Br. The minimum absolute atomic E-state index is 0.600. The number of hydrogen-bond donors (Lipinski definition) is 1. The lowest BCUT2D eigenvalue weighted by Gasteiger charge is -2.09. The molecule has 0 unspecified atom stereocenters. The summed E-state index contributed by atoms with van der Waals surface area (Å²) in [5.74, 6) is 0.715. The van der Waals surface area contributed by atoms with Crippen LogP contribution in [0.15, 0.2) is 41.0 Å². The van der Waals surface area contributed by atoms with E-state index in [1.165, 1.54) is 0 Å². The zero-order valence-electron chi connectivity index (χ0n) is 9.24. The molecule has 0 saturated heterocycles. The molecule has 4 heteroatoms. The van der Waals surface area contributed by atoms with Crippen molar-refractivity contribution in [2.45, 2.75) is 6.92 Å². The molecule has 2 rings (SSSR count). The lowest BCUT2D eigenvalue weighted by molar-refractivity contribution is 1.25. The fraction of sp³-hybridized carbons (Fsp3) is 0.0769. The number of nitrogens with zero attached hydrogens (tertiary/aromatic N) is 2. The minimum Gasteiger partial charge on any atom is -0.338 e. The van der Waals surface area contributed by atoms with Crippen LogP contribution in [-0.2, 0) is 0 Å². The number of para-hydroxylation sites is 1. The molecule has 3 nitrogen and oxygen atoms in total. The van der Waals surface area contributed by atoms with E-state index in [-0.39, 0.29) is 0 Å². The Morgan fingerprint density at radius 3 is 2.82 bits per heavy atom. The summed E-state index contributed by atoms with van der Waals surface area (Å²) in [6.07, 6.45) is 1.73. The second-order valence-electron chi connectivity index (χ2n) is 3.57. The molecule has 0 aliphatic heterocycles. The van der Waals surface area contributed by atoms with Crippen molar-refractivity contribution in [3.8, 4) is 6.07 Å². The molecule has 2 aromatic rings. The van der Waals surface area contributed by atoms with Crippen molar-refractivity contribution < 1.29 is 0 Å². The fourth-order valence-electron chi connectivity index (χ4n) is 1.44. The summed E-state index contributed by atoms with van der Waals surface area (Å²) in [6.45, 7) is 1.99. The monoisotopic (exact) mass is 287 g/mol. The molecule has 1 N–H and O–H groups in total. The van der Waals surface area contributed by atoms with E-state index < -0.39 is 0 Å². The summed E-state index contributed by atoms with van der Waals surface area (Å²) >= 11 is 3.48. The number of aromatic nitrogens is 1. The van der Waals surface area contributed by atoms with Gasteiger partial charge in [-0.3, -0.25) is 0 Å². The Bertz CT molecular complexity index is 587. The molecule has 1 aromatic carbocycles. The van der Waals surface area contributed by atoms with Gasteiger partial charge < -0.3 is 5.32 Å². The van der Waals surface area contributed by atoms with Gasteiger partial charge in [-0.05, 0) is 46.6 Å². The Balaban J connectivity index is 2.39. The molecule has 1 aromatic heterocycles. The number of halogens is 1. The van der Waals surface area contributed by atoms with E-state index in [4.69, 9.17) is 5.26 Å². The van der Waals surface area contributed by atoms with Crippen LogP contribution in [0.5, 0.6) is 0 Å². The van der Waals surface area contributed by atoms with Crippen LogP contribution in [0.4, 0.5) is 11.5 Å². The molecule has 84 valence electrons. The molecule has 17 heavy (non-hydrogen) atoms. The lowest BCUT2D eigenvalue weighted by atomic mass is 10.2. The number of nitrogens with one attached hydrogen (secondary N) is 1. The van der Waals surface area contributed by atoms with Crippen molar-refractivity contribution in [3.63, 3.8) is 0 Å². The van der Waals surface area contributed by atoms with E-state index in [0.29, 0.717) is 11.4 Å². The Kier molecular flexibility index (Phi) is 3.40. The molecule has 1 heterocycles. The number of hydrogen-bond acceptors (Lipinski definition) is 3. The Morgan fingerprint density at radius 1 is 1.29 bits per heavy atom. The van der Waals surface area contributed by atoms with Crippen molar-refractivity contribution in [2.75, 3.05) is 5.32 Å². The van der Waals surface area contributed by atoms with Gasteiger partial charge in [0.25, 0.3) is 0 Å². The van der Waals surface area contributed by atoms with Crippen LogP contribution in [0.3, 0.4) is 0 Å². The van der Waals surface area contributed by atoms with Gasteiger partial charge >= 0.3 is 0 Å². The van der Waals surface area contributed by atoms with E-state index in [9.17, 15) is 0 Å². The smallest absolute Gasteiger partial charge is 0.144 e. The van der Waals surface area contributed by atoms with E-state index in [1.54, 1.807) is 12.3 Å². The quantitative estimate of drug-likeness (QED) is 0.915. The minimum atomic E-state index is 0.600. The maximum Gasteiger partial charge on any atom is 0.144 e. The standard InChI is InChI=1S/C13H10BrN3/c1-9-6-7-16-13(12(9)14)17-11-5-3-2-4-10(11)8-15/h2-7H,1H3,(H,16,17). The third kappa shape index (κ3) is 2.45. The third-order valence-corrected chi connectivity index (χ3v) is 3.38. The first-order valence-corrected chi connectivity index (χ1v) is 5.89. The summed E-state index contributed by atoms with van der Waals surface area (Å²) in [6, 6.07) is 11.4. The van der Waals surface area contributed by atoms with Gasteiger partial charge in [-0.2, -0.15) is 5.26 Å². The van der Waals surface area contributed by atoms with E-state index in [1.807, 2.05) is 31.2 Å². The van der Waals surface area contributed by atoms with Crippen molar-refractivity contribution in [2.24, 2.45) is 0 Å². The van der Waals surface area contributed by atoms with Gasteiger partial charge in [-0.1, -0.05) is 12.1 Å². The average molecular weight is 288 g/mol. The lowest BCUT2D eigenvalue weighted by Crippen LogP contribution is -1.97. The van der Waals surface area contributed by atoms with Crippen molar-refractivity contribution in [1.82, 2.24) is 4.98 Å². The summed E-state index contributed by atoms with van der Waals surface area (Å²) in [4.78, 5) is 4.24. The first kappa shape index (κ1) is 11.6. The number of pyridine rings is 1. The summed E-state index contributed by atoms with van der Waals surface area (Å²) in [7, 11) is 0. The second-order valence-corrected chi connectivity index (χ2v) is 4.37. The summed E-state index contributed by atoms with van der Waals surface area (Å²) in [5.41, 5.74) is 2.45. The summed E-state index contributed by atoms with van der Waals surface area (Å²) < 4.78 is 0.910. The van der Waals surface area contributed by atoms with Gasteiger partial charge in [0.15, 0.2) is 0 Å². The van der Waals surface area contributed by atoms with E-state index in [0.717, 1.165) is 15.7 Å². The fourth-order valence-corrected chi connectivity index (χ4v) is 1.78. The number of rotatable bonds is 2. The van der Waals surface area contributed by atoms with Crippen LogP contribution in [0, 0.1) is 18.3 Å². The molecule has 0 amide bonds. The van der Waals surface area contributed by atoms with Crippen LogP contribution < -0.4 is 5.32 Å². The average Bonchev–Trinajstić information content (AvgIpc) is 2.35. The normalized spacial score (nSPS) is 9.71. The van der Waals surface area contributed by atoms with Crippen LogP contribution in [0.1, 0.15) is 11.1 Å².